The van der Waals surface area contributed by atoms with Crippen LogP contribution in [0.1, 0.15) is 17.9 Å². The van der Waals surface area contributed by atoms with Gasteiger partial charge >= 0.3 is 0 Å². The van der Waals surface area contributed by atoms with E-state index < -0.39 is 5.25 Å². The van der Waals surface area contributed by atoms with Crippen molar-refractivity contribution in [2.24, 2.45) is 0 Å². The Morgan fingerprint density at radius 2 is 2.29 bits per heavy atom. The molecule has 0 radical (unpaired) electrons. The van der Waals surface area contributed by atoms with E-state index in [4.69, 9.17) is 23.8 Å². The van der Waals surface area contributed by atoms with Crippen molar-refractivity contribution < 1.29 is 9.59 Å². The molecule has 0 aliphatic carbocycles. The lowest BCUT2D eigenvalue weighted by Gasteiger charge is -2.23. The molecule has 0 saturated carbocycles. The fourth-order valence-corrected chi connectivity index (χ4v) is 5.22. The highest BCUT2D eigenvalue weighted by atomic mass is 35.5. The normalized spacial score (nSPS) is 15.3. The number of anilines is 2. The van der Waals surface area contributed by atoms with E-state index >= 15 is 0 Å². The molecule has 0 saturated heterocycles. The first kappa shape index (κ1) is 21.8. The third-order valence-electron chi connectivity index (χ3n) is 4.42. The molecule has 3 N–H and O–H groups in total. The number of amides is 2. The number of benzene rings is 1. The third-order valence-corrected chi connectivity index (χ3v) is 7.05. The first-order valence-corrected chi connectivity index (χ1v) is 11.7. The Morgan fingerprint density at radius 3 is 3.10 bits per heavy atom. The highest BCUT2D eigenvalue weighted by Gasteiger charge is 2.29. The van der Waals surface area contributed by atoms with Crippen LogP contribution in [0.2, 0.25) is 5.02 Å². The van der Waals surface area contributed by atoms with Crippen LogP contribution >= 0.6 is 46.9 Å². The summed E-state index contributed by atoms with van der Waals surface area (Å²) in [6.45, 7) is 4.28. The third kappa shape index (κ3) is 5.06. The van der Waals surface area contributed by atoms with Gasteiger partial charge in [0.05, 0.1) is 23.1 Å². The average molecular weight is 493 g/mol. The molecule has 0 fully saturated rings. The topological polar surface area (TPSA) is 105 Å². The van der Waals surface area contributed by atoms with Crippen molar-refractivity contribution in [2.45, 2.75) is 29.5 Å². The van der Waals surface area contributed by atoms with Crippen molar-refractivity contribution in [1.29, 1.82) is 0 Å². The Hall–Kier alpha value is -2.47. The predicted molar refractivity (Wildman–Crippen MR) is 126 cm³/mol. The number of hydrogen-bond acceptors (Lipinski definition) is 7. The van der Waals surface area contributed by atoms with Crippen LogP contribution in [0.25, 0.3) is 0 Å². The minimum atomic E-state index is -0.527. The molecule has 1 aliphatic rings. The van der Waals surface area contributed by atoms with Crippen molar-refractivity contribution in [3.63, 3.8) is 0 Å². The number of fused-ring (bicyclic) bond motifs is 1. The van der Waals surface area contributed by atoms with Crippen LogP contribution < -0.4 is 10.6 Å². The molecule has 0 bridgehead atoms. The van der Waals surface area contributed by atoms with Crippen molar-refractivity contribution in [3.05, 3.63) is 57.5 Å². The Labute approximate surface area is 196 Å². The summed E-state index contributed by atoms with van der Waals surface area (Å²) in [5.41, 5.74) is 1.42. The summed E-state index contributed by atoms with van der Waals surface area (Å²) < 4.78 is 2.36. The number of thioether (sulfide) groups is 1. The zero-order valence-corrected chi connectivity index (χ0v) is 19.3. The van der Waals surface area contributed by atoms with Gasteiger partial charge in [-0.25, -0.2) is 4.98 Å². The number of carbonyl (C=O) groups is 2. The highest BCUT2D eigenvalue weighted by Crippen LogP contribution is 2.38. The second-order valence-corrected chi connectivity index (χ2v) is 9.58. The van der Waals surface area contributed by atoms with Crippen LogP contribution in [-0.2, 0) is 22.6 Å². The van der Waals surface area contributed by atoms with Crippen molar-refractivity contribution >= 4 is 69.6 Å². The van der Waals surface area contributed by atoms with Crippen molar-refractivity contribution in [3.8, 4) is 0 Å². The van der Waals surface area contributed by atoms with Gasteiger partial charge in [0.15, 0.2) is 9.90 Å². The maximum absolute atomic E-state index is 12.5. The molecule has 3 aromatic rings. The molecule has 3 heterocycles. The fourth-order valence-electron chi connectivity index (χ4n) is 3.01. The summed E-state index contributed by atoms with van der Waals surface area (Å²) in [6, 6.07) is 5.29. The molecule has 1 aromatic carbocycles. The van der Waals surface area contributed by atoms with Gasteiger partial charge in [-0.15, -0.1) is 29.7 Å². The smallest absolute Gasteiger partial charge is 0.238 e. The lowest BCUT2D eigenvalue weighted by molar-refractivity contribution is -0.120. The molecule has 31 heavy (non-hydrogen) atoms. The van der Waals surface area contributed by atoms with Crippen LogP contribution in [0.15, 0.2) is 41.1 Å². The Balaban J connectivity index is 1.37. The zero-order valence-electron chi connectivity index (χ0n) is 16.1. The monoisotopic (exact) mass is 492 g/mol. The lowest BCUT2D eigenvalue weighted by Crippen LogP contribution is -2.32. The number of carbonyl (C=O) groups excluding carboxylic acids is 2. The van der Waals surface area contributed by atoms with Gasteiger partial charge in [0.25, 0.3) is 0 Å². The minimum absolute atomic E-state index is 0.0332. The first-order chi connectivity index (χ1) is 14.9. The molecule has 8 nitrogen and oxygen atoms in total. The van der Waals surface area contributed by atoms with Crippen molar-refractivity contribution in [2.75, 3.05) is 10.6 Å². The molecule has 1 aliphatic heterocycles. The standard InChI is InChI=1S/C19H17ClN6O2S3/c1-2-5-26-15(24-25-19(26)29)7-11-9-30-18(21-11)23-16(27)8-14-17(28)22-12-6-10(20)3-4-13(12)31-14/h2-4,6,9,14H,1,5,7-8H2,(H,22,28)(H,25,29)(H,21,23,27). The Kier molecular flexibility index (Phi) is 6.56. The molecular formula is C19H17ClN6O2S3. The molecule has 2 aromatic heterocycles. The first-order valence-electron chi connectivity index (χ1n) is 9.19. The van der Waals surface area contributed by atoms with E-state index in [9.17, 15) is 9.59 Å². The molecule has 0 spiro atoms. The number of H-pyrrole nitrogens is 1. The molecule has 1 atom stereocenters. The maximum Gasteiger partial charge on any atom is 0.238 e. The van der Waals surface area contributed by atoms with E-state index in [1.807, 2.05) is 16.0 Å². The number of nitrogens with zero attached hydrogens (tertiary/aromatic N) is 3. The molecule has 160 valence electrons. The lowest BCUT2D eigenvalue weighted by atomic mass is 10.2. The quantitative estimate of drug-likeness (QED) is 0.336. The number of aromatic amines is 1. The summed E-state index contributed by atoms with van der Waals surface area (Å²) in [5, 5.41) is 14.9. The largest absolute Gasteiger partial charge is 0.324 e. The molecule has 4 rings (SSSR count). The molecule has 12 heteroatoms. The molecular weight excluding hydrogens is 476 g/mol. The van der Waals surface area contributed by atoms with Crippen molar-refractivity contribution in [1.82, 2.24) is 19.7 Å². The van der Waals surface area contributed by atoms with E-state index in [1.54, 1.807) is 18.2 Å². The summed E-state index contributed by atoms with van der Waals surface area (Å²) >= 11 is 13.8. The van der Waals surface area contributed by atoms with E-state index in [0.29, 0.717) is 33.6 Å². The zero-order chi connectivity index (χ0) is 22.0. The van der Waals surface area contributed by atoms with Crippen LogP contribution in [0.3, 0.4) is 0 Å². The van der Waals surface area contributed by atoms with Gasteiger partial charge in [-0.2, -0.15) is 5.10 Å². The van der Waals surface area contributed by atoms with Crippen LogP contribution in [0.5, 0.6) is 0 Å². The average Bonchev–Trinajstić information content (AvgIpc) is 3.30. The Morgan fingerprint density at radius 1 is 1.45 bits per heavy atom. The summed E-state index contributed by atoms with van der Waals surface area (Å²) in [5.74, 6) is 0.238. The van der Waals surface area contributed by atoms with Crippen LogP contribution in [0, 0.1) is 4.77 Å². The van der Waals surface area contributed by atoms with E-state index in [0.717, 1.165) is 16.4 Å². The number of allylic oxidation sites excluding steroid dienone is 1. The SMILES string of the molecule is C=CCn1c(Cc2csc(NC(=O)CC3Sc4ccc(Cl)cc4NC3=O)n2)n[nH]c1=S. The minimum Gasteiger partial charge on any atom is -0.324 e. The Bertz CT molecular complexity index is 1220. The van der Waals surface area contributed by atoms with E-state index in [-0.39, 0.29) is 18.2 Å². The number of nitrogens with one attached hydrogen (secondary N) is 3. The van der Waals surface area contributed by atoms with Gasteiger partial charge in [0, 0.05) is 28.3 Å². The van der Waals surface area contributed by atoms with Crippen LogP contribution in [-0.4, -0.2) is 36.8 Å². The summed E-state index contributed by atoms with van der Waals surface area (Å²) in [6.07, 6.45) is 2.24. The molecule has 1 unspecified atom stereocenters. The number of halogens is 1. The van der Waals surface area contributed by atoms with Gasteiger partial charge in [0.1, 0.15) is 5.82 Å². The van der Waals surface area contributed by atoms with Gasteiger partial charge < -0.3 is 10.6 Å². The predicted octanol–water partition coefficient (Wildman–Crippen LogP) is 4.27. The summed E-state index contributed by atoms with van der Waals surface area (Å²) in [7, 11) is 0. The van der Waals surface area contributed by atoms with E-state index in [2.05, 4.69) is 32.4 Å². The second kappa shape index (κ2) is 9.35. The van der Waals surface area contributed by atoms with Gasteiger partial charge in [0.2, 0.25) is 11.8 Å². The van der Waals surface area contributed by atoms with Gasteiger partial charge in [-0.05, 0) is 30.4 Å². The number of thiazole rings is 1. The summed E-state index contributed by atoms with van der Waals surface area (Å²) in [4.78, 5) is 30.2. The number of rotatable bonds is 7. The number of hydrogen-bond donors (Lipinski definition) is 3. The fraction of sp³-hybridized carbons (Fsp3) is 0.211. The van der Waals surface area contributed by atoms with Crippen LogP contribution in [0.4, 0.5) is 10.8 Å². The number of aromatic nitrogens is 4. The van der Waals surface area contributed by atoms with Gasteiger partial charge in [-0.3, -0.25) is 19.3 Å². The van der Waals surface area contributed by atoms with Gasteiger partial charge in [-0.1, -0.05) is 17.7 Å². The maximum atomic E-state index is 12.5. The highest BCUT2D eigenvalue weighted by molar-refractivity contribution is 8.01. The second-order valence-electron chi connectivity index (χ2n) is 6.65. The van der Waals surface area contributed by atoms with E-state index in [1.165, 1.54) is 23.1 Å². The molecule has 2 amide bonds.